The first-order valence-electron chi connectivity index (χ1n) is 8.85. The van der Waals surface area contributed by atoms with Crippen molar-refractivity contribution in [2.45, 2.75) is 13.5 Å². The molecule has 2 heterocycles. The third-order valence-electron chi connectivity index (χ3n) is 4.53. The number of hydrogen-bond donors (Lipinski definition) is 3. The third-order valence-corrected chi connectivity index (χ3v) is 5.03. The van der Waals surface area contributed by atoms with Crippen molar-refractivity contribution in [2.24, 2.45) is 4.99 Å². The van der Waals surface area contributed by atoms with Gasteiger partial charge in [0.1, 0.15) is 12.2 Å². The zero-order valence-corrected chi connectivity index (χ0v) is 17.0. The van der Waals surface area contributed by atoms with E-state index < -0.39 is 11.6 Å². The summed E-state index contributed by atoms with van der Waals surface area (Å²) >= 11 is 3.43. The van der Waals surface area contributed by atoms with Gasteiger partial charge in [-0.05, 0) is 43.3 Å². The molecule has 2 aromatic carbocycles. The molecule has 7 nitrogen and oxygen atoms in total. The Morgan fingerprint density at radius 2 is 2.03 bits per heavy atom. The Labute approximate surface area is 174 Å². The van der Waals surface area contributed by atoms with Crippen molar-refractivity contribution in [1.29, 1.82) is 0 Å². The van der Waals surface area contributed by atoms with Gasteiger partial charge in [0.25, 0.3) is 0 Å². The lowest BCUT2D eigenvalue weighted by Crippen LogP contribution is -2.25. The van der Waals surface area contributed by atoms with Crippen LogP contribution in [0.2, 0.25) is 0 Å². The Kier molecular flexibility index (Phi) is 4.94. The zero-order valence-electron chi connectivity index (χ0n) is 15.4. The second-order valence-electron chi connectivity index (χ2n) is 6.69. The van der Waals surface area contributed by atoms with E-state index in [4.69, 9.17) is 0 Å². The van der Waals surface area contributed by atoms with E-state index in [2.05, 4.69) is 31.2 Å². The molecule has 0 fully saturated rings. The molecule has 29 heavy (non-hydrogen) atoms. The monoisotopic (exact) mass is 452 g/mol. The molecule has 0 bridgehead atoms. The molecule has 0 saturated carbocycles. The number of aryl methyl sites for hydroxylation is 1. The summed E-state index contributed by atoms with van der Waals surface area (Å²) in [6, 6.07) is 13.0. The van der Waals surface area contributed by atoms with E-state index in [-0.39, 0.29) is 18.1 Å². The number of amides is 1. The molecule has 3 aromatic rings. The number of H-pyrrole nitrogens is 1. The minimum atomic E-state index is -0.571. The molecule has 0 radical (unpaired) electrons. The number of carbonyl (C=O) groups is 1. The number of imidazole rings is 1. The standard InChI is InChI=1S/C21H17BrN4O3/c1-12-2-5-15(6-3-12)24-19(27)11-26-20(28)18(25-21(26)29)8-13-10-23-17-7-4-14(22)9-16(13)17/h2-10,28H,11H2,1H3,(H,24,27)(H,25,29)/b13-8-. The maximum absolute atomic E-state index is 12.3. The minimum Gasteiger partial charge on any atom is -0.493 e. The van der Waals surface area contributed by atoms with Crippen LogP contribution < -0.4 is 11.0 Å². The third kappa shape index (κ3) is 3.93. The van der Waals surface area contributed by atoms with Gasteiger partial charge in [-0.2, -0.15) is 0 Å². The van der Waals surface area contributed by atoms with Crippen LogP contribution in [0.1, 0.15) is 16.8 Å². The van der Waals surface area contributed by atoms with Crippen LogP contribution >= 0.6 is 15.9 Å². The van der Waals surface area contributed by atoms with Gasteiger partial charge in [0.05, 0.1) is 5.69 Å². The highest BCUT2D eigenvalue weighted by Crippen LogP contribution is 2.35. The molecule has 1 aromatic heterocycles. The first-order chi connectivity index (χ1) is 13.9. The van der Waals surface area contributed by atoms with Gasteiger partial charge in [0, 0.05) is 27.5 Å². The van der Waals surface area contributed by atoms with Crippen molar-refractivity contribution in [3.63, 3.8) is 0 Å². The van der Waals surface area contributed by atoms with E-state index in [0.29, 0.717) is 5.69 Å². The van der Waals surface area contributed by atoms with Gasteiger partial charge in [-0.15, -0.1) is 0 Å². The molecule has 1 aliphatic rings. The fraction of sp³-hybridized carbons (Fsp3) is 0.0952. The van der Waals surface area contributed by atoms with E-state index in [1.807, 2.05) is 37.3 Å². The van der Waals surface area contributed by atoms with E-state index >= 15 is 0 Å². The van der Waals surface area contributed by atoms with Crippen LogP contribution in [0.3, 0.4) is 0 Å². The second kappa shape index (κ2) is 7.56. The Morgan fingerprint density at radius 1 is 1.28 bits per heavy atom. The number of nitrogens with zero attached hydrogens (tertiary/aromatic N) is 2. The van der Waals surface area contributed by atoms with Gasteiger partial charge in [-0.3, -0.25) is 14.4 Å². The molecule has 8 heteroatoms. The number of allylic oxidation sites excluding steroid dienone is 1. The number of benzene rings is 2. The summed E-state index contributed by atoms with van der Waals surface area (Å²) in [5, 5.41) is 13.2. The molecule has 4 rings (SSSR count). The van der Waals surface area contributed by atoms with Crippen molar-refractivity contribution < 1.29 is 9.90 Å². The largest absolute Gasteiger partial charge is 0.493 e. The zero-order chi connectivity index (χ0) is 20.5. The van der Waals surface area contributed by atoms with Crippen LogP contribution in [-0.4, -0.2) is 26.8 Å². The lowest BCUT2D eigenvalue weighted by Gasteiger charge is -2.06. The molecule has 1 amide bonds. The van der Waals surface area contributed by atoms with Crippen molar-refractivity contribution in [2.75, 3.05) is 5.32 Å². The molecular formula is C21H17BrN4O3. The summed E-state index contributed by atoms with van der Waals surface area (Å²) in [6.45, 7) is 1.64. The summed E-state index contributed by atoms with van der Waals surface area (Å²) in [7, 11) is 0. The average Bonchev–Trinajstić information content (AvgIpc) is 3.19. The number of nitrogens with one attached hydrogen (secondary N) is 2. The Bertz CT molecular complexity index is 1220. The quantitative estimate of drug-likeness (QED) is 0.560. The van der Waals surface area contributed by atoms with E-state index in [0.717, 1.165) is 31.4 Å². The molecule has 0 saturated heterocycles. The lowest BCUT2D eigenvalue weighted by atomic mass is 10.1. The number of carbonyl (C=O) groups excluding carboxylic acids is 1. The van der Waals surface area contributed by atoms with Crippen molar-refractivity contribution >= 4 is 51.1 Å². The Morgan fingerprint density at radius 3 is 2.79 bits per heavy atom. The highest BCUT2D eigenvalue weighted by atomic mass is 79.9. The summed E-state index contributed by atoms with van der Waals surface area (Å²) in [5.41, 5.74) is 3.77. The van der Waals surface area contributed by atoms with E-state index in [9.17, 15) is 14.7 Å². The molecule has 0 aliphatic carbocycles. The number of aromatic nitrogens is 2. The molecule has 3 N–H and O–H groups in total. The highest BCUT2D eigenvalue weighted by molar-refractivity contribution is 9.10. The molecule has 0 atom stereocenters. The smallest absolute Gasteiger partial charge is 0.329 e. The van der Waals surface area contributed by atoms with Crippen molar-refractivity contribution in [3.8, 4) is 5.88 Å². The number of rotatable bonds is 4. The normalized spacial score (nSPS) is 13.7. The molecule has 146 valence electrons. The van der Waals surface area contributed by atoms with Gasteiger partial charge in [-0.1, -0.05) is 33.6 Å². The number of hydrogen-bond acceptors (Lipinski definition) is 4. The van der Waals surface area contributed by atoms with Crippen LogP contribution in [-0.2, 0) is 11.3 Å². The molecule has 0 unspecified atom stereocenters. The van der Waals surface area contributed by atoms with Gasteiger partial charge in [-0.25, -0.2) is 4.79 Å². The Balaban J connectivity index is 1.57. The van der Waals surface area contributed by atoms with Gasteiger partial charge >= 0.3 is 5.69 Å². The number of aliphatic imine (C=N–C) groups is 1. The predicted molar refractivity (Wildman–Crippen MR) is 117 cm³/mol. The average molecular weight is 453 g/mol. The van der Waals surface area contributed by atoms with E-state index in [1.54, 1.807) is 24.4 Å². The van der Waals surface area contributed by atoms with Gasteiger partial charge in [0.2, 0.25) is 11.8 Å². The maximum atomic E-state index is 12.3. The number of anilines is 1. The molecular weight excluding hydrogens is 436 g/mol. The molecule has 0 spiro atoms. The van der Waals surface area contributed by atoms with Crippen LogP contribution in [0, 0.1) is 6.92 Å². The van der Waals surface area contributed by atoms with Crippen molar-refractivity contribution in [1.82, 2.24) is 9.55 Å². The lowest BCUT2D eigenvalue weighted by molar-refractivity contribution is -0.116. The van der Waals surface area contributed by atoms with Crippen molar-refractivity contribution in [3.05, 3.63) is 74.2 Å². The van der Waals surface area contributed by atoms with Crippen LogP contribution in [0.5, 0.6) is 5.88 Å². The summed E-state index contributed by atoms with van der Waals surface area (Å²) in [5.74, 6) is -0.723. The van der Waals surface area contributed by atoms with Gasteiger partial charge in [0.15, 0.2) is 0 Å². The highest BCUT2D eigenvalue weighted by Gasteiger charge is 2.18. The topological polar surface area (TPSA) is 99.5 Å². The second-order valence-corrected chi connectivity index (χ2v) is 7.60. The summed E-state index contributed by atoms with van der Waals surface area (Å²) in [6.07, 6.45) is 3.29. The first-order valence-corrected chi connectivity index (χ1v) is 9.64. The minimum absolute atomic E-state index is 0.215. The van der Waals surface area contributed by atoms with Crippen LogP contribution in [0.25, 0.3) is 11.6 Å². The fourth-order valence-corrected chi connectivity index (χ4v) is 3.40. The number of fused-ring (bicyclic) bond motifs is 1. The number of aromatic amines is 1. The fourth-order valence-electron chi connectivity index (χ4n) is 3.04. The maximum Gasteiger partial charge on any atom is 0.329 e. The predicted octanol–water partition coefficient (Wildman–Crippen LogP) is 3.85. The van der Waals surface area contributed by atoms with Crippen LogP contribution in [0.15, 0.2) is 56.7 Å². The number of halogens is 1. The first kappa shape index (κ1) is 18.9. The summed E-state index contributed by atoms with van der Waals surface area (Å²) in [4.78, 5) is 31.5. The van der Waals surface area contributed by atoms with Crippen LogP contribution in [0.4, 0.5) is 11.4 Å². The Hall–Kier alpha value is -3.39. The number of aromatic hydroxyl groups is 1. The van der Waals surface area contributed by atoms with Gasteiger partial charge < -0.3 is 15.4 Å². The molecule has 1 aliphatic heterocycles. The summed E-state index contributed by atoms with van der Waals surface area (Å²) < 4.78 is 1.89. The SMILES string of the molecule is Cc1ccc(NC(=O)Cn2c(O)c(/C=C3/C=Nc4ccc(Br)cc43)[nH]c2=O)cc1. The van der Waals surface area contributed by atoms with E-state index in [1.165, 1.54) is 0 Å².